The van der Waals surface area contributed by atoms with E-state index in [4.69, 9.17) is 10.7 Å². The molecule has 1 fully saturated rings. The van der Waals surface area contributed by atoms with Crippen molar-refractivity contribution in [3.05, 3.63) is 30.4 Å². The number of nitrogens with zero attached hydrogens (tertiary/aromatic N) is 5. The number of nitrogens with one attached hydrogen (secondary N) is 2. The van der Waals surface area contributed by atoms with Crippen LogP contribution in [0.5, 0.6) is 0 Å². The maximum atomic E-state index is 12.0. The average Bonchev–Trinajstić information content (AvgIpc) is 3.39. The monoisotopic (exact) mass is 368 g/mol. The van der Waals surface area contributed by atoms with Gasteiger partial charge in [-0.2, -0.15) is 10.2 Å². The lowest BCUT2D eigenvalue weighted by molar-refractivity contribution is 0.100. The second-order valence-corrected chi connectivity index (χ2v) is 6.85. The molecule has 1 amide bonds. The molecule has 2 unspecified atom stereocenters. The lowest BCUT2D eigenvalue weighted by Gasteiger charge is -2.21. The summed E-state index contributed by atoms with van der Waals surface area (Å²) < 4.78 is 3.52. The third-order valence-corrected chi connectivity index (χ3v) is 5.20. The van der Waals surface area contributed by atoms with Gasteiger partial charge in [0.1, 0.15) is 0 Å². The Bertz CT molecular complexity index is 975. The van der Waals surface area contributed by atoms with Crippen LogP contribution >= 0.6 is 0 Å². The SMILES string of the molecule is CCC1CNCC1Nc1c(C(N)=O)cnn2cc(-c3cnn(CC)c3)nc12. The summed E-state index contributed by atoms with van der Waals surface area (Å²) in [5, 5.41) is 15.5. The molecule has 9 nitrogen and oxygen atoms in total. The van der Waals surface area contributed by atoms with Crippen molar-refractivity contribution >= 4 is 17.2 Å². The molecule has 0 aromatic carbocycles. The number of imidazole rings is 1. The summed E-state index contributed by atoms with van der Waals surface area (Å²) in [7, 11) is 0. The fourth-order valence-corrected chi connectivity index (χ4v) is 3.59. The number of nitrogens with two attached hydrogens (primary N) is 1. The second-order valence-electron chi connectivity index (χ2n) is 6.85. The molecule has 0 radical (unpaired) electrons. The van der Waals surface area contributed by atoms with E-state index in [0.29, 0.717) is 22.8 Å². The average molecular weight is 368 g/mol. The van der Waals surface area contributed by atoms with Gasteiger partial charge in [-0.3, -0.25) is 9.48 Å². The molecule has 4 N–H and O–H groups in total. The highest BCUT2D eigenvalue weighted by molar-refractivity contribution is 6.01. The Labute approximate surface area is 157 Å². The third-order valence-electron chi connectivity index (χ3n) is 5.20. The van der Waals surface area contributed by atoms with Gasteiger partial charge >= 0.3 is 0 Å². The Morgan fingerprint density at radius 2 is 2.15 bits per heavy atom. The van der Waals surface area contributed by atoms with Crippen molar-refractivity contribution in [1.82, 2.24) is 29.7 Å². The molecule has 0 bridgehead atoms. The number of anilines is 1. The van der Waals surface area contributed by atoms with Crippen molar-refractivity contribution in [3.8, 4) is 11.3 Å². The molecule has 1 saturated heterocycles. The van der Waals surface area contributed by atoms with Crippen LogP contribution in [0.4, 0.5) is 5.69 Å². The van der Waals surface area contributed by atoms with Crippen LogP contribution in [0.2, 0.25) is 0 Å². The lowest BCUT2D eigenvalue weighted by Crippen LogP contribution is -2.30. The van der Waals surface area contributed by atoms with Crippen LogP contribution in [-0.2, 0) is 6.54 Å². The summed E-state index contributed by atoms with van der Waals surface area (Å²) in [5.74, 6) is -0.0361. The Balaban J connectivity index is 1.79. The minimum absolute atomic E-state index is 0.210. The molecule has 4 heterocycles. The normalized spacial score (nSPS) is 19.6. The molecule has 0 aliphatic carbocycles. The molecule has 3 aromatic rings. The molecule has 27 heavy (non-hydrogen) atoms. The minimum Gasteiger partial charge on any atom is -0.377 e. The molecule has 4 rings (SSSR count). The molecule has 2 atom stereocenters. The molecule has 0 spiro atoms. The summed E-state index contributed by atoms with van der Waals surface area (Å²) in [6, 6.07) is 0.210. The molecule has 1 aliphatic rings. The zero-order valence-corrected chi connectivity index (χ0v) is 15.5. The first-order chi connectivity index (χ1) is 13.1. The van der Waals surface area contributed by atoms with Gasteiger partial charge in [0, 0.05) is 37.4 Å². The third kappa shape index (κ3) is 3.14. The van der Waals surface area contributed by atoms with Crippen LogP contribution < -0.4 is 16.4 Å². The number of hydrogen-bond acceptors (Lipinski definition) is 6. The number of primary amides is 1. The predicted octanol–water partition coefficient (Wildman–Crippen LogP) is 1.12. The van der Waals surface area contributed by atoms with Crippen molar-refractivity contribution < 1.29 is 4.79 Å². The van der Waals surface area contributed by atoms with Gasteiger partial charge in [0.05, 0.1) is 35.5 Å². The smallest absolute Gasteiger partial charge is 0.252 e. The molecule has 3 aromatic heterocycles. The Hall–Kier alpha value is -2.94. The van der Waals surface area contributed by atoms with Gasteiger partial charge in [-0.1, -0.05) is 13.3 Å². The van der Waals surface area contributed by atoms with Crippen molar-refractivity contribution in [1.29, 1.82) is 0 Å². The van der Waals surface area contributed by atoms with Gasteiger partial charge in [-0.05, 0) is 12.8 Å². The maximum absolute atomic E-state index is 12.0. The van der Waals surface area contributed by atoms with Crippen molar-refractivity contribution in [2.45, 2.75) is 32.9 Å². The summed E-state index contributed by atoms with van der Waals surface area (Å²) in [4.78, 5) is 16.7. The Morgan fingerprint density at radius 3 is 2.85 bits per heavy atom. The van der Waals surface area contributed by atoms with Gasteiger partial charge in [0.2, 0.25) is 0 Å². The van der Waals surface area contributed by atoms with E-state index in [1.165, 1.54) is 6.20 Å². The number of amides is 1. The number of carbonyl (C=O) groups excluding carboxylic acids is 1. The van der Waals surface area contributed by atoms with E-state index in [-0.39, 0.29) is 6.04 Å². The topological polar surface area (TPSA) is 115 Å². The molecular formula is C18H24N8O. The van der Waals surface area contributed by atoms with Crippen molar-refractivity contribution in [2.24, 2.45) is 11.7 Å². The maximum Gasteiger partial charge on any atom is 0.252 e. The van der Waals surface area contributed by atoms with Crippen molar-refractivity contribution in [3.63, 3.8) is 0 Å². The molecule has 9 heteroatoms. The van der Waals surface area contributed by atoms with Gasteiger partial charge in [-0.15, -0.1) is 0 Å². The van der Waals surface area contributed by atoms with Crippen LogP contribution in [0, 0.1) is 5.92 Å². The number of carbonyl (C=O) groups is 1. The van der Waals surface area contributed by atoms with Crippen LogP contribution in [0.15, 0.2) is 24.8 Å². The van der Waals surface area contributed by atoms with Gasteiger partial charge in [0.15, 0.2) is 5.65 Å². The van der Waals surface area contributed by atoms with E-state index in [1.54, 1.807) is 10.7 Å². The van der Waals surface area contributed by atoms with E-state index in [0.717, 1.165) is 37.3 Å². The zero-order valence-electron chi connectivity index (χ0n) is 15.5. The highest BCUT2D eigenvalue weighted by Crippen LogP contribution is 2.27. The van der Waals surface area contributed by atoms with Crippen LogP contribution in [-0.4, -0.2) is 49.4 Å². The second kappa shape index (κ2) is 6.99. The molecule has 142 valence electrons. The quantitative estimate of drug-likeness (QED) is 0.601. The fraction of sp³-hybridized carbons (Fsp3) is 0.444. The number of hydrogen-bond donors (Lipinski definition) is 3. The number of aromatic nitrogens is 5. The van der Waals surface area contributed by atoms with Gasteiger partial charge in [-0.25, -0.2) is 9.50 Å². The van der Waals surface area contributed by atoms with E-state index in [9.17, 15) is 4.79 Å². The van der Waals surface area contributed by atoms with Gasteiger partial charge < -0.3 is 16.4 Å². The lowest BCUT2D eigenvalue weighted by atomic mass is 10.0. The largest absolute Gasteiger partial charge is 0.377 e. The van der Waals surface area contributed by atoms with Crippen LogP contribution in [0.25, 0.3) is 16.9 Å². The Kier molecular flexibility index (Phi) is 4.53. The zero-order chi connectivity index (χ0) is 19.0. The van der Waals surface area contributed by atoms with Crippen LogP contribution in [0.3, 0.4) is 0 Å². The molecular weight excluding hydrogens is 344 g/mol. The summed E-state index contributed by atoms with van der Waals surface area (Å²) >= 11 is 0. The summed E-state index contributed by atoms with van der Waals surface area (Å²) in [6.07, 6.45) is 8.11. The van der Waals surface area contributed by atoms with E-state index >= 15 is 0 Å². The number of rotatable bonds is 6. The first-order valence-electron chi connectivity index (χ1n) is 9.29. The first kappa shape index (κ1) is 17.5. The number of aryl methyl sites for hydroxylation is 1. The first-order valence-corrected chi connectivity index (χ1v) is 9.29. The van der Waals surface area contributed by atoms with Gasteiger partial charge in [0.25, 0.3) is 5.91 Å². The molecule has 0 saturated carbocycles. The minimum atomic E-state index is -0.519. The standard InChI is InChI=1S/C18H24N8O/c1-3-11-5-20-8-14(11)23-16-13(17(19)27)7-22-26-10-15(24-18(16)26)12-6-21-25(4-2)9-12/h6-7,9-11,14,20,23H,3-5,8H2,1-2H3,(H2,19,27). The highest BCUT2D eigenvalue weighted by atomic mass is 16.1. The highest BCUT2D eigenvalue weighted by Gasteiger charge is 2.28. The summed E-state index contributed by atoms with van der Waals surface area (Å²) in [5.41, 5.74) is 8.84. The Morgan fingerprint density at radius 1 is 1.30 bits per heavy atom. The van der Waals surface area contributed by atoms with E-state index in [1.807, 2.05) is 24.0 Å². The van der Waals surface area contributed by atoms with E-state index < -0.39 is 5.91 Å². The van der Waals surface area contributed by atoms with E-state index in [2.05, 4.69) is 27.8 Å². The van der Waals surface area contributed by atoms with Crippen LogP contribution in [0.1, 0.15) is 30.6 Å². The van der Waals surface area contributed by atoms with Crippen molar-refractivity contribution in [2.75, 3.05) is 18.4 Å². The molecule has 1 aliphatic heterocycles. The predicted molar refractivity (Wildman–Crippen MR) is 102 cm³/mol. The summed E-state index contributed by atoms with van der Waals surface area (Å²) in [6.45, 7) is 6.78. The fourth-order valence-electron chi connectivity index (χ4n) is 3.59. The number of fused-ring (bicyclic) bond motifs is 1.